The van der Waals surface area contributed by atoms with Gasteiger partial charge in [-0.3, -0.25) is 14.5 Å². The molecule has 3 aliphatic rings. The summed E-state index contributed by atoms with van der Waals surface area (Å²) in [7, 11) is 0. The van der Waals surface area contributed by atoms with Gasteiger partial charge in [0.15, 0.2) is 0 Å². The maximum Gasteiger partial charge on any atom is 0.295 e. The van der Waals surface area contributed by atoms with E-state index in [4.69, 9.17) is 9.47 Å². The molecule has 0 saturated carbocycles. The number of ether oxygens (including phenoxy) is 2. The molecule has 0 aliphatic carbocycles. The van der Waals surface area contributed by atoms with E-state index in [0.29, 0.717) is 43.9 Å². The molecule has 1 amide bonds. The number of aromatic hydroxyl groups is 1. The topological polar surface area (TPSA) is 99.5 Å². The number of carbonyl (C=O) groups is 2. The molecule has 0 aromatic heterocycles. The van der Waals surface area contributed by atoms with Crippen LogP contribution in [0.1, 0.15) is 29.7 Å². The van der Waals surface area contributed by atoms with E-state index in [9.17, 15) is 19.8 Å². The van der Waals surface area contributed by atoms with Crippen molar-refractivity contribution >= 4 is 17.4 Å². The fourth-order valence-electron chi connectivity index (χ4n) is 4.95. The van der Waals surface area contributed by atoms with E-state index in [-0.39, 0.29) is 23.2 Å². The van der Waals surface area contributed by atoms with Crippen LogP contribution in [0.2, 0.25) is 0 Å². The Balaban J connectivity index is 1.53. The van der Waals surface area contributed by atoms with Crippen LogP contribution in [-0.2, 0) is 20.7 Å². The Labute approximate surface area is 198 Å². The standard InChI is InChI=1S/C26H28N2O6/c1-16-13-19-14-18(5-6-21(19)34-16)24(30)22-23(17-3-2-4-20(29)15-17)28(26(32)25(22)31)8-7-27-9-11-33-12-10-27/h2-6,14-16,23,29-30H,7-13H2,1H3/t16-,23-/m0/s1. The molecule has 3 heterocycles. The molecular weight excluding hydrogens is 436 g/mol. The number of rotatable bonds is 5. The maximum absolute atomic E-state index is 13.2. The Morgan fingerprint density at radius 1 is 1.09 bits per heavy atom. The Hall–Kier alpha value is -3.36. The minimum absolute atomic E-state index is 0.0277. The van der Waals surface area contributed by atoms with Crippen LogP contribution in [0, 0.1) is 0 Å². The molecule has 2 saturated heterocycles. The van der Waals surface area contributed by atoms with E-state index in [1.165, 1.54) is 17.0 Å². The van der Waals surface area contributed by atoms with Crippen LogP contribution in [0.4, 0.5) is 0 Å². The largest absolute Gasteiger partial charge is 0.508 e. The lowest BCUT2D eigenvalue weighted by atomic mass is 9.94. The number of hydrogen-bond acceptors (Lipinski definition) is 7. The monoisotopic (exact) mass is 464 g/mol. The fourth-order valence-corrected chi connectivity index (χ4v) is 4.95. The molecule has 178 valence electrons. The van der Waals surface area contributed by atoms with Crippen molar-refractivity contribution in [2.45, 2.75) is 25.5 Å². The number of aliphatic hydroxyl groups excluding tert-OH is 1. The number of morpholine rings is 1. The zero-order valence-electron chi connectivity index (χ0n) is 19.1. The highest BCUT2D eigenvalue weighted by Crippen LogP contribution is 2.41. The van der Waals surface area contributed by atoms with E-state index < -0.39 is 17.7 Å². The number of ketones is 1. The number of phenolic OH excluding ortho intramolecular Hbond substituents is 1. The summed E-state index contributed by atoms with van der Waals surface area (Å²) in [4.78, 5) is 30.0. The molecule has 2 aromatic rings. The molecule has 8 heteroatoms. The molecule has 2 atom stereocenters. The van der Waals surface area contributed by atoms with Gasteiger partial charge in [0.2, 0.25) is 0 Å². The number of hydrogen-bond donors (Lipinski definition) is 2. The molecule has 2 fully saturated rings. The van der Waals surface area contributed by atoms with Gasteiger partial charge in [-0.05, 0) is 48.4 Å². The van der Waals surface area contributed by atoms with Gasteiger partial charge in [-0.25, -0.2) is 0 Å². The van der Waals surface area contributed by atoms with E-state index >= 15 is 0 Å². The number of benzene rings is 2. The smallest absolute Gasteiger partial charge is 0.295 e. The molecule has 0 unspecified atom stereocenters. The van der Waals surface area contributed by atoms with Crippen molar-refractivity contribution in [3.05, 3.63) is 64.7 Å². The summed E-state index contributed by atoms with van der Waals surface area (Å²) in [6.07, 6.45) is 0.755. The molecule has 0 spiro atoms. The number of nitrogens with zero attached hydrogens (tertiary/aromatic N) is 2. The highest BCUT2D eigenvalue weighted by Gasteiger charge is 2.46. The van der Waals surface area contributed by atoms with Crippen LogP contribution in [-0.4, -0.2) is 77.2 Å². The Kier molecular flexibility index (Phi) is 6.02. The predicted molar refractivity (Wildman–Crippen MR) is 125 cm³/mol. The van der Waals surface area contributed by atoms with Crippen molar-refractivity contribution in [1.29, 1.82) is 0 Å². The average molecular weight is 465 g/mol. The second kappa shape index (κ2) is 9.12. The van der Waals surface area contributed by atoms with Crippen LogP contribution >= 0.6 is 0 Å². The zero-order valence-corrected chi connectivity index (χ0v) is 19.1. The predicted octanol–water partition coefficient (Wildman–Crippen LogP) is 2.47. The molecular formula is C26H28N2O6. The van der Waals surface area contributed by atoms with Gasteiger partial charge in [0, 0.05) is 38.2 Å². The summed E-state index contributed by atoms with van der Waals surface area (Å²) in [5.74, 6) is -0.804. The molecule has 34 heavy (non-hydrogen) atoms. The Bertz CT molecular complexity index is 1150. The summed E-state index contributed by atoms with van der Waals surface area (Å²) < 4.78 is 11.1. The highest BCUT2D eigenvalue weighted by atomic mass is 16.5. The molecule has 5 rings (SSSR count). The molecule has 0 radical (unpaired) electrons. The molecule has 2 aromatic carbocycles. The number of Topliss-reactive ketones (excluding diaryl/α,β-unsaturated/α-hetero) is 1. The second-order valence-corrected chi connectivity index (χ2v) is 9.00. The fraction of sp³-hybridized carbons (Fsp3) is 0.385. The molecule has 2 N–H and O–H groups in total. The SMILES string of the molecule is C[C@H]1Cc2cc(C(O)=C3C(=O)C(=O)N(CCN4CCOCC4)[C@H]3c3cccc(O)c3)ccc2O1. The first kappa shape index (κ1) is 22.4. The first-order valence-corrected chi connectivity index (χ1v) is 11.6. The minimum Gasteiger partial charge on any atom is -0.508 e. The lowest BCUT2D eigenvalue weighted by molar-refractivity contribution is -0.140. The number of likely N-dealkylation sites (tertiary alicyclic amines) is 1. The van der Waals surface area contributed by atoms with Gasteiger partial charge in [0.25, 0.3) is 11.7 Å². The highest BCUT2D eigenvalue weighted by molar-refractivity contribution is 6.46. The summed E-state index contributed by atoms with van der Waals surface area (Å²) in [5.41, 5.74) is 2.02. The van der Waals surface area contributed by atoms with Gasteiger partial charge in [-0.15, -0.1) is 0 Å². The number of fused-ring (bicyclic) bond motifs is 1. The van der Waals surface area contributed by atoms with Gasteiger partial charge in [-0.1, -0.05) is 12.1 Å². The van der Waals surface area contributed by atoms with Crippen LogP contribution in [0.25, 0.3) is 5.76 Å². The third-order valence-corrected chi connectivity index (χ3v) is 6.66. The van der Waals surface area contributed by atoms with Crippen LogP contribution < -0.4 is 4.74 Å². The first-order valence-electron chi connectivity index (χ1n) is 11.6. The van der Waals surface area contributed by atoms with Crippen molar-refractivity contribution in [1.82, 2.24) is 9.80 Å². The lowest BCUT2D eigenvalue weighted by Crippen LogP contribution is -2.42. The van der Waals surface area contributed by atoms with E-state index in [0.717, 1.165) is 24.4 Å². The zero-order chi connectivity index (χ0) is 23.8. The molecule has 8 nitrogen and oxygen atoms in total. The molecule has 0 bridgehead atoms. The number of aliphatic hydroxyl groups is 1. The third-order valence-electron chi connectivity index (χ3n) is 6.66. The quantitative estimate of drug-likeness (QED) is 0.398. The Morgan fingerprint density at radius 2 is 1.88 bits per heavy atom. The maximum atomic E-state index is 13.2. The van der Waals surface area contributed by atoms with Crippen molar-refractivity contribution in [3.8, 4) is 11.5 Å². The van der Waals surface area contributed by atoms with Gasteiger partial charge in [0.05, 0.1) is 24.8 Å². The summed E-state index contributed by atoms with van der Waals surface area (Å²) in [6.45, 7) is 5.66. The van der Waals surface area contributed by atoms with Gasteiger partial charge in [0.1, 0.15) is 23.4 Å². The number of phenols is 1. The van der Waals surface area contributed by atoms with Crippen molar-refractivity contribution < 1.29 is 29.3 Å². The Morgan fingerprint density at radius 3 is 2.65 bits per heavy atom. The summed E-state index contributed by atoms with van der Waals surface area (Å²) in [5, 5.41) is 21.4. The van der Waals surface area contributed by atoms with Gasteiger partial charge in [-0.2, -0.15) is 0 Å². The third kappa shape index (κ3) is 4.15. The van der Waals surface area contributed by atoms with Crippen LogP contribution in [0.5, 0.6) is 11.5 Å². The van der Waals surface area contributed by atoms with Crippen LogP contribution in [0.3, 0.4) is 0 Å². The van der Waals surface area contributed by atoms with E-state index in [2.05, 4.69) is 4.90 Å². The average Bonchev–Trinajstić information content (AvgIpc) is 3.33. The van der Waals surface area contributed by atoms with Gasteiger partial charge < -0.3 is 24.6 Å². The minimum atomic E-state index is -0.795. The van der Waals surface area contributed by atoms with E-state index in [1.807, 2.05) is 13.0 Å². The second-order valence-electron chi connectivity index (χ2n) is 9.00. The van der Waals surface area contributed by atoms with Crippen molar-refractivity contribution in [3.63, 3.8) is 0 Å². The van der Waals surface area contributed by atoms with Crippen molar-refractivity contribution in [2.24, 2.45) is 0 Å². The van der Waals surface area contributed by atoms with E-state index in [1.54, 1.807) is 24.3 Å². The summed E-state index contributed by atoms with van der Waals surface area (Å²) in [6, 6.07) is 11.0. The molecule has 3 aliphatic heterocycles. The number of carbonyl (C=O) groups excluding carboxylic acids is 2. The van der Waals surface area contributed by atoms with Crippen molar-refractivity contribution in [2.75, 3.05) is 39.4 Å². The normalized spacial score (nSPS) is 24.3. The first-order chi connectivity index (χ1) is 16.4. The lowest BCUT2D eigenvalue weighted by Gasteiger charge is -2.31. The van der Waals surface area contributed by atoms with Gasteiger partial charge >= 0.3 is 0 Å². The summed E-state index contributed by atoms with van der Waals surface area (Å²) >= 11 is 0. The van der Waals surface area contributed by atoms with Crippen LogP contribution in [0.15, 0.2) is 48.0 Å². The number of amides is 1.